The second kappa shape index (κ2) is 4.28. The summed E-state index contributed by atoms with van der Waals surface area (Å²) in [5.74, 6) is 0.853. The summed E-state index contributed by atoms with van der Waals surface area (Å²) in [6.45, 7) is 1.94. The van der Waals surface area contributed by atoms with Gasteiger partial charge in [0.15, 0.2) is 5.60 Å². The smallest absolute Gasteiger partial charge is 0.200 e. The van der Waals surface area contributed by atoms with Crippen molar-refractivity contribution in [2.24, 2.45) is 0 Å². The number of ether oxygens (including phenoxy) is 3. The zero-order valence-corrected chi connectivity index (χ0v) is 9.77. The van der Waals surface area contributed by atoms with Crippen molar-refractivity contribution < 1.29 is 14.2 Å². The summed E-state index contributed by atoms with van der Waals surface area (Å²) in [5, 5.41) is 0. The van der Waals surface area contributed by atoms with Crippen LogP contribution in [0.3, 0.4) is 0 Å². The van der Waals surface area contributed by atoms with Gasteiger partial charge in [0.2, 0.25) is 6.29 Å². The minimum atomic E-state index is -0.585. The molecule has 0 radical (unpaired) electrons. The van der Waals surface area contributed by atoms with Crippen molar-refractivity contribution in [1.29, 1.82) is 0 Å². The molecular weight excluding hydrogens is 204 g/mol. The van der Waals surface area contributed by atoms with Crippen molar-refractivity contribution in [2.75, 3.05) is 14.2 Å². The molecule has 3 nitrogen and oxygen atoms in total. The van der Waals surface area contributed by atoms with E-state index in [-0.39, 0.29) is 0 Å². The summed E-state index contributed by atoms with van der Waals surface area (Å²) in [7, 11) is 3.22. The molecule has 0 saturated heterocycles. The van der Waals surface area contributed by atoms with Gasteiger partial charge in [-0.1, -0.05) is 24.3 Å². The molecule has 3 heteroatoms. The van der Waals surface area contributed by atoms with Gasteiger partial charge in [0.1, 0.15) is 5.75 Å². The van der Waals surface area contributed by atoms with E-state index in [1.54, 1.807) is 14.2 Å². The van der Waals surface area contributed by atoms with Crippen molar-refractivity contribution in [3.8, 4) is 5.75 Å². The highest BCUT2D eigenvalue weighted by Crippen LogP contribution is 2.33. The van der Waals surface area contributed by atoms with Gasteiger partial charge in [0.25, 0.3) is 0 Å². The molecule has 1 aliphatic heterocycles. The van der Waals surface area contributed by atoms with E-state index in [9.17, 15) is 0 Å². The van der Waals surface area contributed by atoms with Crippen LogP contribution in [0.1, 0.15) is 12.5 Å². The van der Waals surface area contributed by atoms with Gasteiger partial charge in [-0.3, -0.25) is 0 Å². The first kappa shape index (κ1) is 11.2. The molecule has 0 bridgehead atoms. The first-order valence-corrected chi connectivity index (χ1v) is 5.22. The fourth-order valence-electron chi connectivity index (χ4n) is 1.93. The van der Waals surface area contributed by atoms with Crippen LogP contribution in [0.25, 0.3) is 6.08 Å². The lowest BCUT2D eigenvalue weighted by Crippen LogP contribution is -2.46. The third-order valence-corrected chi connectivity index (χ3v) is 2.74. The molecule has 1 heterocycles. The number of rotatable bonds is 3. The highest BCUT2D eigenvalue weighted by Gasteiger charge is 2.37. The highest BCUT2D eigenvalue weighted by atomic mass is 16.7. The number of para-hydroxylation sites is 1. The van der Waals surface area contributed by atoms with Crippen LogP contribution >= 0.6 is 0 Å². The lowest BCUT2D eigenvalue weighted by Gasteiger charge is -2.36. The third kappa shape index (κ3) is 1.84. The lowest BCUT2D eigenvalue weighted by atomic mass is 9.99. The van der Waals surface area contributed by atoms with Crippen LogP contribution in [-0.4, -0.2) is 26.1 Å². The minimum absolute atomic E-state index is 0.419. The normalized spacial score (nSPS) is 23.0. The first-order valence-electron chi connectivity index (χ1n) is 5.22. The third-order valence-electron chi connectivity index (χ3n) is 2.74. The Balaban J connectivity index is 2.31. The second-order valence-corrected chi connectivity index (χ2v) is 3.96. The number of fused-ring (bicyclic) bond motifs is 1. The van der Waals surface area contributed by atoms with E-state index in [0.29, 0.717) is 0 Å². The van der Waals surface area contributed by atoms with E-state index < -0.39 is 11.9 Å². The Morgan fingerprint density at radius 1 is 1.19 bits per heavy atom. The topological polar surface area (TPSA) is 27.7 Å². The molecule has 0 spiro atoms. The van der Waals surface area contributed by atoms with Crippen LogP contribution in [0.4, 0.5) is 0 Å². The monoisotopic (exact) mass is 220 g/mol. The first-order chi connectivity index (χ1) is 7.69. The number of hydrogen-bond acceptors (Lipinski definition) is 3. The molecular formula is C13H16O3. The Morgan fingerprint density at radius 2 is 1.88 bits per heavy atom. The Hall–Kier alpha value is -1.32. The molecule has 0 unspecified atom stereocenters. The van der Waals surface area contributed by atoms with Crippen LogP contribution < -0.4 is 4.74 Å². The molecule has 0 aliphatic carbocycles. The van der Waals surface area contributed by atoms with E-state index in [2.05, 4.69) is 0 Å². The molecule has 1 atom stereocenters. The summed E-state index contributed by atoms with van der Waals surface area (Å²) in [6, 6.07) is 7.89. The number of hydrogen-bond donors (Lipinski definition) is 0. The molecule has 2 rings (SSSR count). The average molecular weight is 220 g/mol. The standard InChI is InChI=1S/C13H16O3/c1-13(12(14-2)15-3)9-8-10-6-4-5-7-11(10)16-13/h4-9,12H,1-3H3/t13-/m0/s1. The largest absolute Gasteiger partial charge is 0.478 e. The summed E-state index contributed by atoms with van der Waals surface area (Å²) in [5.41, 5.74) is 0.489. The molecule has 0 saturated carbocycles. The number of benzene rings is 1. The molecule has 0 fully saturated rings. The fourth-order valence-corrected chi connectivity index (χ4v) is 1.93. The van der Waals surface area contributed by atoms with Crippen LogP contribution in [0.2, 0.25) is 0 Å². The van der Waals surface area contributed by atoms with Gasteiger partial charge < -0.3 is 14.2 Å². The van der Waals surface area contributed by atoms with Crippen molar-refractivity contribution in [2.45, 2.75) is 18.8 Å². The van der Waals surface area contributed by atoms with E-state index in [1.807, 2.05) is 43.3 Å². The van der Waals surface area contributed by atoms with Gasteiger partial charge in [-0.05, 0) is 19.1 Å². The molecule has 1 aromatic rings. The van der Waals surface area contributed by atoms with Gasteiger partial charge in [-0.2, -0.15) is 0 Å². The van der Waals surface area contributed by atoms with Gasteiger partial charge in [-0.15, -0.1) is 0 Å². The van der Waals surface area contributed by atoms with Gasteiger partial charge in [-0.25, -0.2) is 0 Å². The number of methoxy groups -OCH3 is 2. The summed E-state index contributed by atoms with van der Waals surface area (Å²) < 4.78 is 16.4. The van der Waals surface area contributed by atoms with Crippen molar-refractivity contribution in [3.05, 3.63) is 35.9 Å². The molecule has 86 valence electrons. The molecule has 16 heavy (non-hydrogen) atoms. The summed E-state index contributed by atoms with van der Waals surface area (Å²) in [4.78, 5) is 0. The SMILES string of the molecule is COC(OC)[C@]1(C)C=Cc2ccccc2O1. The maximum Gasteiger partial charge on any atom is 0.200 e. The van der Waals surface area contributed by atoms with Crippen LogP contribution in [-0.2, 0) is 9.47 Å². The Labute approximate surface area is 95.6 Å². The van der Waals surface area contributed by atoms with E-state index in [1.165, 1.54) is 0 Å². The van der Waals surface area contributed by atoms with Gasteiger partial charge >= 0.3 is 0 Å². The van der Waals surface area contributed by atoms with Gasteiger partial charge in [0.05, 0.1) is 0 Å². The Kier molecular flexibility index (Phi) is 2.99. The average Bonchev–Trinajstić information content (AvgIpc) is 2.30. The molecule has 0 N–H and O–H groups in total. The van der Waals surface area contributed by atoms with E-state index >= 15 is 0 Å². The van der Waals surface area contributed by atoms with Crippen LogP contribution in [0, 0.1) is 0 Å². The summed E-state index contributed by atoms with van der Waals surface area (Å²) >= 11 is 0. The van der Waals surface area contributed by atoms with E-state index in [4.69, 9.17) is 14.2 Å². The Morgan fingerprint density at radius 3 is 2.56 bits per heavy atom. The van der Waals surface area contributed by atoms with Crippen molar-refractivity contribution in [3.63, 3.8) is 0 Å². The van der Waals surface area contributed by atoms with Crippen LogP contribution in [0.5, 0.6) is 5.75 Å². The van der Waals surface area contributed by atoms with Crippen molar-refractivity contribution >= 4 is 6.08 Å². The summed E-state index contributed by atoms with van der Waals surface area (Å²) in [6.07, 6.45) is 3.58. The highest BCUT2D eigenvalue weighted by molar-refractivity contribution is 5.60. The Bertz CT molecular complexity index is 396. The van der Waals surface area contributed by atoms with Gasteiger partial charge in [0, 0.05) is 19.8 Å². The predicted molar refractivity (Wildman–Crippen MR) is 62.3 cm³/mol. The predicted octanol–water partition coefficient (Wildman–Crippen LogP) is 2.47. The maximum absolute atomic E-state index is 5.93. The minimum Gasteiger partial charge on any atom is -0.478 e. The zero-order valence-electron chi connectivity index (χ0n) is 9.77. The fraction of sp³-hybridized carbons (Fsp3) is 0.385. The van der Waals surface area contributed by atoms with Crippen molar-refractivity contribution in [1.82, 2.24) is 0 Å². The molecule has 0 aromatic heterocycles. The lowest BCUT2D eigenvalue weighted by molar-refractivity contribution is -0.180. The zero-order chi connectivity index (χ0) is 11.6. The molecule has 0 amide bonds. The van der Waals surface area contributed by atoms with E-state index in [0.717, 1.165) is 11.3 Å². The van der Waals surface area contributed by atoms with Crippen LogP contribution in [0.15, 0.2) is 30.3 Å². The molecule has 1 aromatic carbocycles. The second-order valence-electron chi connectivity index (χ2n) is 3.96. The maximum atomic E-state index is 5.93. The quantitative estimate of drug-likeness (QED) is 0.732. The molecule has 1 aliphatic rings.